The van der Waals surface area contributed by atoms with Crippen LogP contribution in [0.25, 0.3) is 10.9 Å². The van der Waals surface area contributed by atoms with Crippen molar-refractivity contribution in [3.05, 3.63) is 65.0 Å². The molecule has 0 aliphatic carbocycles. The molecule has 2 N–H and O–H groups in total. The van der Waals surface area contributed by atoms with Crippen LogP contribution >= 0.6 is 0 Å². The molecule has 5 nitrogen and oxygen atoms in total. The first-order valence-electron chi connectivity index (χ1n) is 5.88. The minimum Gasteiger partial charge on any atom is -0.399 e. The fourth-order valence-corrected chi connectivity index (χ4v) is 1.98. The quantitative estimate of drug-likeness (QED) is 0.748. The molecule has 0 aliphatic rings. The van der Waals surface area contributed by atoms with Gasteiger partial charge in [-0.3, -0.25) is 14.3 Å². The summed E-state index contributed by atoms with van der Waals surface area (Å²) in [4.78, 5) is 20.7. The van der Waals surface area contributed by atoms with Crippen molar-refractivity contribution in [1.29, 1.82) is 0 Å². The number of nitrogen functional groups attached to an aromatic ring is 1. The van der Waals surface area contributed by atoms with Crippen LogP contribution in [0.2, 0.25) is 0 Å². The van der Waals surface area contributed by atoms with Crippen LogP contribution in [-0.2, 0) is 6.54 Å². The number of anilines is 1. The zero-order valence-corrected chi connectivity index (χ0v) is 10.2. The number of nitrogens with two attached hydrogens (primary N) is 1. The van der Waals surface area contributed by atoms with Gasteiger partial charge < -0.3 is 5.73 Å². The van der Waals surface area contributed by atoms with Gasteiger partial charge in [0.15, 0.2) is 0 Å². The Bertz CT molecular complexity index is 795. The fourth-order valence-electron chi connectivity index (χ4n) is 1.98. The molecule has 0 bridgehead atoms. The van der Waals surface area contributed by atoms with E-state index in [0.717, 1.165) is 5.69 Å². The molecule has 2 aromatic heterocycles. The lowest BCUT2D eigenvalue weighted by atomic mass is 10.2. The Kier molecular flexibility index (Phi) is 2.72. The highest BCUT2D eigenvalue weighted by atomic mass is 16.1. The number of hydrogen-bond donors (Lipinski definition) is 1. The van der Waals surface area contributed by atoms with Crippen LogP contribution < -0.4 is 11.3 Å². The van der Waals surface area contributed by atoms with Gasteiger partial charge in [0, 0.05) is 11.9 Å². The largest absolute Gasteiger partial charge is 0.399 e. The minimum absolute atomic E-state index is 0.0742. The molecule has 5 heteroatoms. The second-order valence-corrected chi connectivity index (χ2v) is 4.28. The molecule has 0 aliphatic heterocycles. The van der Waals surface area contributed by atoms with E-state index in [4.69, 9.17) is 5.73 Å². The van der Waals surface area contributed by atoms with Gasteiger partial charge in [-0.2, -0.15) is 0 Å². The molecule has 0 radical (unpaired) electrons. The molecule has 0 fully saturated rings. The van der Waals surface area contributed by atoms with Gasteiger partial charge >= 0.3 is 0 Å². The van der Waals surface area contributed by atoms with Crippen LogP contribution in [0.1, 0.15) is 5.69 Å². The van der Waals surface area contributed by atoms with E-state index in [1.165, 1.54) is 10.9 Å². The zero-order valence-electron chi connectivity index (χ0n) is 10.2. The molecule has 0 unspecified atom stereocenters. The third-order valence-electron chi connectivity index (χ3n) is 2.90. The Morgan fingerprint density at radius 2 is 2.00 bits per heavy atom. The van der Waals surface area contributed by atoms with Crippen molar-refractivity contribution in [2.24, 2.45) is 0 Å². The normalized spacial score (nSPS) is 10.7. The summed E-state index contributed by atoms with van der Waals surface area (Å²) < 4.78 is 1.53. The van der Waals surface area contributed by atoms with Crippen molar-refractivity contribution in [2.45, 2.75) is 6.54 Å². The van der Waals surface area contributed by atoms with E-state index < -0.39 is 0 Å². The van der Waals surface area contributed by atoms with Gasteiger partial charge in [-0.05, 0) is 24.3 Å². The lowest BCUT2D eigenvalue weighted by Crippen LogP contribution is -2.21. The highest BCUT2D eigenvalue weighted by Crippen LogP contribution is 2.07. The van der Waals surface area contributed by atoms with Crippen molar-refractivity contribution in [1.82, 2.24) is 14.5 Å². The summed E-state index contributed by atoms with van der Waals surface area (Å²) in [5, 5.41) is 0.605. The van der Waals surface area contributed by atoms with Crippen LogP contribution in [0.5, 0.6) is 0 Å². The Balaban J connectivity index is 2.06. The molecule has 2 heterocycles. The predicted molar refractivity (Wildman–Crippen MR) is 73.8 cm³/mol. The molecule has 19 heavy (non-hydrogen) atoms. The Morgan fingerprint density at radius 1 is 1.16 bits per heavy atom. The number of fused-ring (bicyclic) bond motifs is 1. The molecule has 1 aromatic carbocycles. The SMILES string of the molecule is Nc1ccnc(Cn2cnc3ccccc3c2=O)c1. The van der Waals surface area contributed by atoms with Crippen molar-refractivity contribution in [2.75, 3.05) is 5.73 Å². The smallest absolute Gasteiger partial charge is 0.261 e. The van der Waals surface area contributed by atoms with Gasteiger partial charge in [0.1, 0.15) is 0 Å². The molecular formula is C14H12N4O. The van der Waals surface area contributed by atoms with Crippen molar-refractivity contribution < 1.29 is 0 Å². The molecule has 94 valence electrons. The van der Waals surface area contributed by atoms with Gasteiger partial charge in [0.05, 0.1) is 29.5 Å². The number of pyridine rings is 1. The van der Waals surface area contributed by atoms with Crippen molar-refractivity contribution >= 4 is 16.6 Å². The molecular weight excluding hydrogens is 240 g/mol. The van der Waals surface area contributed by atoms with Crippen LogP contribution in [0.3, 0.4) is 0 Å². The van der Waals surface area contributed by atoms with Gasteiger partial charge in [0.2, 0.25) is 0 Å². The molecule has 3 aromatic rings. The van der Waals surface area contributed by atoms with E-state index in [9.17, 15) is 4.79 Å². The number of para-hydroxylation sites is 1. The number of benzene rings is 1. The molecule has 0 saturated carbocycles. The first-order chi connectivity index (χ1) is 9.24. The third kappa shape index (κ3) is 2.18. The summed E-state index contributed by atoms with van der Waals surface area (Å²) in [5.41, 5.74) is 7.69. The summed E-state index contributed by atoms with van der Waals surface area (Å²) in [7, 11) is 0. The zero-order chi connectivity index (χ0) is 13.2. The standard InChI is InChI=1S/C14H12N4O/c15-10-5-6-16-11(7-10)8-18-9-17-13-4-2-1-3-12(13)14(18)19/h1-7,9H,8H2,(H2,15,16). The van der Waals surface area contributed by atoms with E-state index in [2.05, 4.69) is 9.97 Å². The van der Waals surface area contributed by atoms with Gasteiger partial charge in [-0.15, -0.1) is 0 Å². The molecule has 0 amide bonds. The maximum absolute atomic E-state index is 12.3. The van der Waals surface area contributed by atoms with Crippen LogP contribution in [0.15, 0.2) is 53.7 Å². The maximum Gasteiger partial charge on any atom is 0.261 e. The van der Waals surface area contributed by atoms with E-state index in [0.29, 0.717) is 23.1 Å². The number of hydrogen-bond acceptors (Lipinski definition) is 4. The van der Waals surface area contributed by atoms with Crippen LogP contribution in [-0.4, -0.2) is 14.5 Å². The highest BCUT2D eigenvalue weighted by molar-refractivity contribution is 5.76. The molecule has 0 atom stereocenters. The molecule has 0 saturated heterocycles. The highest BCUT2D eigenvalue weighted by Gasteiger charge is 2.04. The average Bonchev–Trinajstić information content (AvgIpc) is 2.42. The lowest BCUT2D eigenvalue weighted by Gasteiger charge is -2.06. The van der Waals surface area contributed by atoms with E-state index >= 15 is 0 Å². The van der Waals surface area contributed by atoms with Crippen LogP contribution in [0.4, 0.5) is 5.69 Å². The summed E-state index contributed by atoms with van der Waals surface area (Å²) in [6.07, 6.45) is 3.17. The number of rotatable bonds is 2. The third-order valence-corrected chi connectivity index (χ3v) is 2.90. The summed E-state index contributed by atoms with van der Waals surface area (Å²) in [5.74, 6) is 0. The first kappa shape index (κ1) is 11.4. The average molecular weight is 252 g/mol. The molecule has 0 spiro atoms. The summed E-state index contributed by atoms with van der Waals surface area (Å²) >= 11 is 0. The monoisotopic (exact) mass is 252 g/mol. The maximum atomic E-state index is 12.3. The van der Waals surface area contributed by atoms with Crippen LogP contribution in [0, 0.1) is 0 Å². The number of nitrogens with zero attached hydrogens (tertiary/aromatic N) is 3. The van der Waals surface area contributed by atoms with E-state index in [1.807, 2.05) is 18.2 Å². The van der Waals surface area contributed by atoms with E-state index in [-0.39, 0.29) is 5.56 Å². The van der Waals surface area contributed by atoms with Crippen molar-refractivity contribution in [3.63, 3.8) is 0 Å². The Morgan fingerprint density at radius 3 is 2.84 bits per heavy atom. The van der Waals surface area contributed by atoms with Gasteiger partial charge in [-0.25, -0.2) is 4.98 Å². The fraction of sp³-hybridized carbons (Fsp3) is 0.0714. The second-order valence-electron chi connectivity index (χ2n) is 4.28. The first-order valence-corrected chi connectivity index (χ1v) is 5.88. The van der Waals surface area contributed by atoms with Crippen molar-refractivity contribution in [3.8, 4) is 0 Å². The lowest BCUT2D eigenvalue weighted by molar-refractivity contribution is 0.730. The summed E-state index contributed by atoms with van der Waals surface area (Å²) in [6, 6.07) is 10.7. The molecule has 3 rings (SSSR count). The topological polar surface area (TPSA) is 73.8 Å². The Labute approximate surface area is 109 Å². The van der Waals surface area contributed by atoms with Gasteiger partial charge in [-0.1, -0.05) is 12.1 Å². The predicted octanol–water partition coefficient (Wildman–Crippen LogP) is 1.42. The Hall–Kier alpha value is -2.69. The van der Waals surface area contributed by atoms with E-state index in [1.54, 1.807) is 24.4 Å². The minimum atomic E-state index is -0.0742. The summed E-state index contributed by atoms with van der Waals surface area (Å²) in [6.45, 7) is 0.363. The van der Waals surface area contributed by atoms with Gasteiger partial charge in [0.25, 0.3) is 5.56 Å². The number of aromatic nitrogens is 3. The second kappa shape index (κ2) is 4.53.